The molecule has 2 aromatic carbocycles. The highest BCUT2D eigenvalue weighted by Gasteiger charge is 2.45. The summed E-state index contributed by atoms with van der Waals surface area (Å²) in [5, 5.41) is 1.14. The van der Waals surface area contributed by atoms with Crippen molar-refractivity contribution in [3.63, 3.8) is 0 Å². The molecular weight excluding hydrogens is 506 g/mol. The average Bonchev–Trinajstić information content (AvgIpc) is 3.31. The monoisotopic (exact) mass is 541 g/mol. The molecule has 6 heteroatoms. The molecule has 41 heavy (non-hydrogen) atoms. The van der Waals surface area contributed by atoms with Gasteiger partial charge in [0.05, 0.1) is 30.3 Å². The number of aryl methyl sites for hydroxylation is 4. The molecule has 1 N–H and O–H groups in total. The minimum atomic E-state index is 0.653. The number of aromatic amines is 1. The van der Waals surface area contributed by atoms with Crippen LogP contribution in [0, 0.1) is 13.8 Å². The van der Waals surface area contributed by atoms with Crippen LogP contribution in [0.2, 0.25) is 0 Å². The van der Waals surface area contributed by atoms with Crippen LogP contribution in [0.25, 0.3) is 44.5 Å². The fraction of sp³-hybridized carbons (Fsp3) is 0.343. The number of pyridine rings is 1. The van der Waals surface area contributed by atoms with Crippen LogP contribution in [-0.2, 0) is 17.6 Å². The lowest BCUT2D eigenvalue weighted by Gasteiger charge is -2.56. The largest absolute Gasteiger partial charge is 0.378 e. The first-order valence-corrected chi connectivity index (χ1v) is 15.0. The van der Waals surface area contributed by atoms with E-state index in [4.69, 9.17) is 9.72 Å². The van der Waals surface area contributed by atoms with E-state index in [1.54, 1.807) is 0 Å². The zero-order valence-electron chi connectivity index (χ0n) is 23.7. The second-order valence-corrected chi connectivity index (χ2v) is 12.1. The fourth-order valence-corrected chi connectivity index (χ4v) is 7.42. The second kappa shape index (κ2) is 9.89. The van der Waals surface area contributed by atoms with Gasteiger partial charge in [-0.3, -0.25) is 14.9 Å². The molecule has 0 amide bonds. The molecule has 5 aromatic rings. The first kappa shape index (κ1) is 24.9. The number of aromatic nitrogens is 4. The van der Waals surface area contributed by atoms with Gasteiger partial charge in [0.25, 0.3) is 0 Å². The summed E-state index contributed by atoms with van der Waals surface area (Å²) in [5.41, 5.74) is 12.6. The number of hydrogen-bond acceptors (Lipinski definition) is 5. The summed E-state index contributed by atoms with van der Waals surface area (Å²) in [6.07, 6.45) is 12.0. The van der Waals surface area contributed by atoms with E-state index in [2.05, 4.69) is 74.6 Å². The van der Waals surface area contributed by atoms with E-state index in [9.17, 15) is 0 Å². The molecule has 2 fully saturated rings. The van der Waals surface area contributed by atoms with Gasteiger partial charge >= 0.3 is 0 Å². The van der Waals surface area contributed by atoms with Crippen molar-refractivity contribution in [3.05, 3.63) is 89.6 Å². The maximum absolute atomic E-state index is 5.75. The molecule has 3 aromatic heterocycles. The number of ether oxygens (including phenoxy) is 1. The van der Waals surface area contributed by atoms with Crippen LogP contribution < -0.4 is 0 Å². The highest BCUT2D eigenvalue weighted by Crippen LogP contribution is 2.38. The highest BCUT2D eigenvalue weighted by atomic mass is 16.5. The molecule has 2 saturated heterocycles. The van der Waals surface area contributed by atoms with Crippen molar-refractivity contribution in [1.82, 2.24) is 24.8 Å². The van der Waals surface area contributed by atoms with E-state index in [-0.39, 0.29) is 0 Å². The molecule has 6 nitrogen and oxygen atoms in total. The Balaban J connectivity index is 1.06. The van der Waals surface area contributed by atoms with Crippen molar-refractivity contribution >= 4 is 11.0 Å². The van der Waals surface area contributed by atoms with Gasteiger partial charge in [0.2, 0.25) is 0 Å². The zero-order valence-corrected chi connectivity index (χ0v) is 23.7. The molecule has 0 radical (unpaired) electrons. The van der Waals surface area contributed by atoms with Gasteiger partial charge in [-0.15, -0.1) is 0 Å². The highest BCUT2D eigenvalue weighted by molar-refractivity contribution is 5.96. The Morgan fingerprint density at radius 1 is 0.780 bits per heavy atom. The molecule has 2 bridgehead atoms. The van der Waals surface area contributed by atoms with Crippen molar-refractivity contribution in [3.8, 4) is 33.5 Å². The molecule has 206 valence electrons. The van der Waals surface area contributed by atoms with Crippen molar-refractivity contribution in [2.45, 2.75) is 64.1 Å². The van der Waals surface area contributed by atoms with E-state index in [1.165, 1.54) is 47.9 Å². The molecule has 3 aliphatic rings. The molecule has 8 rings (SSSR count). The fourth-order valence-electron chi connectivity index (χ4n) is 7.42. The Hall–Kier alpha value is -3.87. The van der Waals surface area contributed by atoms with Gasteiger partial charge < -0.3 is 9.72 Å². The number of rotatable bonds is 4. The van der Waals surface area contributed by atoms with Gasteiger partial charge in [-0.05, 0) is 74.3 Å². The number of benzene rings is 2. The number of hydrogen-bond donors (Lipinski definition) is 1. The average molecular weight is 542 g/mol. The van der Waals surface area contributed by atoms with Crippen molar-refractivity contribution in [2.24, 2.45) is 0 Å². The third-order valence-corrected chi connectivity index (χ3v) is 9.53. The minimum Gasteiger partial charge on any atom is -0.378 e. The number of nitrogens with zero attached hydrogens (tertiary/aromatic N) is 4. The molecule has 0 spiro atoms. The topological polar surface area (TPSA) is 66.9 Å². The van der Waals surface area contributed by atoms with Crippen LogP contribution in [0.5, 0.6) is 0 Å². The first-order valence-electron chi connectivity index (χ1n) is 15.0. The minimum absolute atomic E-state index is 0.653. The van der Waals surface area contributed by atoms with Crippen LogP contribution in [0.4, 0.5) is 0 Å². The van der Waals surface area contributed by atoms with Crippen LogP contribution in [0.1, 0.15) is 41.8 Å². The molecule has 0 saturated carbocycles. The van der Waals surface area contributed by atoms with Gasteiger partial charge in [0.1, 0.15) is 5.65 Å². The van der Waals surface area contributed by atoms with Crippen molar-refractivity contribution in [2.75, 3.05) is 13.2 Å². The molecule has 5 heterocycles. The number of H-pyrrole nitrogens is 1. The van der Waals surface area contributed by atoms with Gasteiger partial charge in [-0.2, -0.15) is 0 Å². The van der Waals surface area contributed by atoms with Crippen LogP contribution >= 0.6 is 0 Å². The summed E-state index contributed by atoms with van der Waals surface area (Å²) in [6.45, 7) is 5.84. The van der Waals surface area contributed by atoms with Crippen LogP contribution in [0.15, 0.2) is 67.1 Å². The lowest BCUT2D eigenvalue weighted by molar-refractivity contribution is -0.148. The summed E-state index contributed by atoms with van der Waals surface area (Å²) < 4.78 is 5.75. The SMILES string of the molecule is Cc1cnc(-c2ccc(-c3c[nH]c4ncc(-c5ccc6c(c5)CC[C@@H](N5C7COCC5C7)CC6)cc34)cc2)c(C)n1. The summed E-state index contributed by atoms with van der Waals surface area (Å²) >= 11 is 0. The smallest absolute Gasteiger partial charge is 0.137 e. The lowest BCUT2D eigenvalue weighted by atomic mass is 9.87. The normalized spacial score (nSPS) is 22.2. The Labute approximate surface area is 240 Å². The van der Waals surface area contributed by atoms with E-state index >= 15 is 0 Å². The van der Waals surface area contributed by atoms with E-state index in [0.717, 1.165) is 64.4 Å². The summed E-state index contributed by atoms with van der Waals surface area (Å²) in [6, 6.07) is 20.0. The second-order valence-electron chi connectivity index (χ2n) is 12.1. The van der Waals surface area contributed by atoms with Gasteiger partial charge in [-0.25, -0.2) is 4.98 Å². The standard InChI is InChI=1S/C35H35N5O/c1-21-16-36-34(22(2)39-21)25-6-4-24(5-7-25)33-18-38-35-32(33)14-28(17-37-35)27-8-3-23-9-11-29(12-10-26(23)13-27)40-30-15-31(40)20-41-19-30/h3-8,13-14,16-18,29-31H,9-12,15,19-20H2,1-2H3,(H,37,38)/t29-,30?,31?/m0/s1. The Kier molecular flexibility index (Phi) is 6.01. The van der Waals surface area contributed by atoms with E-state index in [0.29, 0.717) is 18.1 Å². The molecule has 2 unspecified atom stereocenters. The Morgan fingerprint density at radius 2 is 1.54 bits per heavy atom. The Bertz CT molecular complexity index is 1740. The molecule has 2 aliphatic heterocycles. The third kappa shape index (κ3) is 4.37. The van der Waals surface area contributed by atoms with Gasteiger partial charge in [-0.1, -0.05) is 42.5 Å². The number of fused-ring (bicyclic) bond motifs is 4. The predicted molar refractivity (Wildman–Crippen MR) is 163 cm³/mol. The van der Waals surface area contributed by atoms with Crippen molar-refractivity contribution in [1.29, 1.82) is 0 Å². The maximum atomic E-state index is 5.75. The number of morpholine rings is 1. The summed E-state index contributed by atoms with van der Waals surface area (Å²) in [5.74, 6) is 0. The van der Waals surface area contributed by atoms with Crippen LogP contribution in [0.3, 0.4) is 0 Å². The lowest BCUT2D eigenvalue weighted by Crippen LogP contribution is -2.66. The predicted octanol–water partition coefficient (Wildman–Crippen LogP) is 6.69. The quantitative estimate of drug-likeness (QED) is 0.257. The first-order chi connectivity index (χ1) is 20.1. The molecule has 1 aliphatic carbocycles. The van der Waals surface area contributed by atoms with Gasteiger partial charge in [0, 0.05) is 58.8 Å². The summed E-state index contributed by atoms with van der Waals surface area (Å²) in [7, 11) is 0. The summed E-state index contributed by atoms with van der Waals surface area (Å²) in [4.78, 5) is 20.2. The number of nitrogens with one attached hydrogen (secondary N) is 1. The molecular formula is C35H35N5O. The Morgan fingerprint density at radius 3 is 2.32 bits per heavy atom. The van der Waals surface area contributed by atoms with E-state index < -0.39 is 0 Å². The van der Waals surface area contributed by atoms with E-state index in [1.807, 2.05) is 26.2 Å². The zero-order chi connectivity index (χ0) is 27.5. The van der Waals surface area contributed by atoms with Crippen molar-refractivity contribution < 1.29 is 4.74 Å². The van der Waals surface area contributed by atoms with Gasteiger partial charge in [0.15, 0.2) is 0 Å². The molecule has 3 atom stereocenters. The maximum Gasteiger partial charge on any atom is 0.137 e. The third-order valence-electron chi connectivity index (χ3n) is 9.53. The van der Waals surface area contributed by atoms with Crippen LogP contribution in [-0.4, -0.2) is 56.2 Å².